The molecule has 0 aromatic heterocycles. The number of phenolic OH excluding ortho intramolecular Hbond substituents is 2. The second-order valence-electron chi connectivity index (χ2n) is 7.30. The first-order valence-corrected chi connectivity index (χ1v) is 8.98. The van der Waals surface area contributed by atoms with E-state index >= 15 is 0 Å². The zero-order valence-corrected chi connectivity index (χ0v) is 14.6. The fourth-order valence-corrected chi connectivity index (χ4v) is 4.13. The topological polar surface area (TPSA) is 104 Å². The molecule has 0 aliphatic heterocycles. The molecule has 1 saturated carbocycles. The van der Waals surface area contributed by atoms with Crippen molar-refractivity contribution < 1.29 is 20.1 Å². The van der Waals surface area contributed by atoms with Crippen LogP contribution in [-0.4, -0.2) is 26.8 Å². The minimum absolute atomic E-state index is 0.0367. The Balaban J connectivity index is 1.73. The third-order valence-corrected chi connectivity index (χ3v) is 5.65. The lowest BCUT2D eigenvalue weighted by molar-refractivity contribution is -0.146. The summed E-state index contributed by atoms with van der Waals surface area (Å²) in [5.41, 5.74) is 6.85. The number of benzene rings is 2. The number of phenols is 2. The molecule has 5 heteroatoms. The van der Waals surface area contributed by atoms with Gasteiger partial charge in [0.15, 0.2) is 0 Å². The largest absolute Gasteiger partial charge is 0.508 e. The first kappa shape index (κ1) is 18.3. The summed E-state index contributed by atoms with van der Waals surface area (Å²) in [5, 5.41) is 29.3. The van der Waals surface area contributed by atoms with Crippen molar-refractivity contribution in [1.82, 2.24) is 0 Å². The average Bonchev–Trinajstić information content (AvgIpc) is 2.62. The van der Waals surface area contributed by atoms with E-state index in [9.17, 15) is 20.1 Å². The highest BCUT2D eigenvalue weighted by molar-refractivity contribution is 5.79. The maximum absolute atomic E-state index is 12.0. The zero-order valence-electron chi connectivity index (χ0n) is 14.6. The molecule has 0 unspecified atom stereocenters. The van der Waals surface area contributed by atoms with E-state index in [-0.39, 0.29) is 23.3 Å². The minimum Gasteiger partial charge on any atom is -0.508 e. The van der Waals surface area contributed by atoms with E-state index in [4.69, 9.17) is 5.73 Å². The molecule has 2 aromatic carbocycles. The van der Waals surface area contributed by atoms with Gasteiger partial charge in [0.05, 0.1) is 0 Å². The molecule has 26 heavy (non-hydrogen) atoms. The lowest BCUT2D eigenvalue weighted by atomic mass is 9.68. The van der Waals surface area contributed by atoms with Crippen molar-refractivity contribution in [3.05, 3.63) is 59.7 Å². The molecule has 1 fully saturated rings. The molecule has 1 atom stereocenters. The van der Waals surface area contributed by atoms with Crippen LogP contribution in [-0.2, 0) is 11.2 Å². The summed E-state index contributed by atoms with van der Waals surface area (Å²) in [5.74, 6) is -0.792. The lowest BCUT2D eigenvalue weighted by Gasteiger charge is -2.39. The van der Waals surface area contributed by atoms with Gasteiger partial charge >= 0.3 is 5.97 Å². The van der Waals surface area contributed by atoms with Gasteiger partial charge in [-0.05, 0) is 54.7 Å². The van der Waals surface area contributed by atoms with E-state index in [0.717, 1.165) is 24.0 Å². The third kappa shape index (κ3) is 3.68. The van der Waals surface area contributed by atoms with E-state index < -0.39 is 11.5 Å². The average molecular weight is 355 g/mol. The number of carbonyl (C=O) groups is 1. The van der Waals surface area contributed by atoms with E-state index in [0.29, 0.717) is 19.3 Å². The normalized spacial score (nSPS) is 22.5. The van der Waals surface area contributed by atoms with Crippen LogP contribution in [0.25, 0.3) is 0 Å². The van der Waals surface area contributed by atoms with Crippen LogP contribution in [0.5, 0.6) is 11.5 Å². The molecule has 1 aliphatic rings. The highest BCUT2D eigenvalue weighted by Gasteiger charge is 2.44. The van der Waals surface area contributed by atoms with Gasteiger partial charge in [0.25, 0.3) is 0 Å². The van der Waals surface area contributed by atoms with Gasteiger partial charge in [-0.15, -0.1) is 0 Å². The number of carboxylic acids is 1. The molecule has 0 heterocycles. The molecule has 0 spiro atoms. The van der Waals surface area contributed by atoms with Crippen LogP contribution in [0.4, 0.5) is 0 Å². The predicted octanol–water partition coefficient (Wildman–Crippen LogP) is 3.40. The number of carboxylic acid groups (broad SMARTS) is 1. The number of aliphatic carboxylic acids is 1. The fourth-order valence-electron chi connectivity index (χ4n) is 4.13. The van der Waals surface area contributed by atoms with Gasteiger partial charge < -0.3 is 21.1 Å². The van der Waals surface area contributed by atoms with Crippen LogP contribution >= 0.6 is 0 Å². The molecule has 3 rings (SSSR count). The third-order valence-electron chi connectivity index (χ3n) is 5.65. The van der Waals surface area contributed by atoms with Gasteiger partial charge in [-0.25, -0.2) is 0 Å². The Hall–Kier alpha value is -2.53. The summed E-state index contributed by atoms with van der Waals surface area (Å²) < 4.78 is 0. The van der Waals surface area contributed by atoms with Crippen molar-refractivity contribution >= 4 is 5.97 Å². The first-order valence-electron chi connectivity index (χ1n) is 8.98. The van der Waals surface area contributed by atoms with Gasteiger partial charge in [-0.1, -0.05) is 36.4 Å². The molecule has 0 saturated heterocycles. The number of aromatic hydroxyl groups is 2. The molecule has 0 bridgehead atoms. The molecule has 0 amide bonds. The minimum atomic E-state index is -1.29. The SMILES string of the molecule is N[C@@](Cc1ccccc1)(C(=O)O)[C@H]1CC[C@H](c2ccc(O)cc2O)CC1. The summed E-state index contributed by atoms with van der Waals surface area (Å²) in [4.78, 5) is 12.0. The van der Waals surface area contributed by atoms with Gasteiger partial charge in [-0.2, -0.15) is 0 Å². The summed E-state index contributed by atoms with van der Waals surface area (Å²) in [7, 11) is 0. The molecule has 5 N–H and O–H groups in total. The number of rotatable bonds is 5. The summed E-state index contributed by atoms with van der Waals surface area (Å²) >= 11 is 0. The van der Waals surface area contributed by atoms with Gasteiger partial charge in [-0.3, -0.25) is 4.79 Å². The van der Waals surface area contributed by atoms with E-state index in [2.05, 4.69) is 0 Å². The number of hydrogen-bond donors (Lipinski definition) is 4. The van der Waals surface area contributed by atoms with Crippen LogP contribution in [0.15, 0.2) is 48.5 Å². The van der Waals surface area contributed by atoms with Crippen molar-refractivity contribution in [3.63, 3.8) is 0 Å². The Labute approximate surface area is 153 Å². The van der Waals surface area contributed by atoms with Crippen molar-refractivity contribution in [2.45, 2.75) is 43.6 Å². The maximum atomic E-state index is 12.0. The number of nitrogens with two attached hydrogens (primary N) is 1. The second kappa shape index (κ2) is 7.38. The molecular weight excluding hydrogens is 330 g/mol. The second-order valence-corrected chi connectivity index (χ2v) is 7.30. The van der Waals surface area contributed by atoms with Crippen LogP contribution in [0, 0.1) is 5.92 Å². The van der Waals surface area contributed by atoms with Gasteiger partial charge in [0.2, 0.25) is 0 Å². The maximum Gasteiger partial charge on any atom is 0.324 e. The van der Waals surface area contributed by atoms with E-state index in [1.54, 1.807) is 12.1 Å². The van der Waals surface area contributed by atoms with Crippen LogP contribution in [0.2, 0.25) is 0 Å². The standard InChI is InChI=1S/C21H25NO4/c22-21(20(25)26,13-14-4-2-1-3-5-14)16-8-6-15(7-9-16)18-11-10-17(23)12-19(18)24/h1-5,10-12,15-16,23-24H,6-9,13,22H2,(H,25,26)/t15-,16-,21-/m1/s1. The predicted molar refractivity (Wildman–Crippen MR) is 99.2 cm³/mol. The smallest absolute Gasteiger partial charge is 0.324 e. The Morgan fingerprint density at radius 3 is 2.27 bits per heavy atom. The Morgan fingerprint density at radius 1 is 1.04 bits per heavy atom. The molecular formula is C21H25NO4. The van der Waals surface area contributed by atoms with Crippen LogP contribution in [0.1, 0.15) is 42.7 Å². The Bertz CT molecular complexity index is 769. The van der Waals surface area contributed by atoms with Crippen molar-refractivity contribution in [3.8, 4) is 11.5 Å². The Kier molecular flexibility index (Phi) is 5.18. The van der Waals surface area contributed by atoms with E-state index in [1.165, 1.54) is 6.07 Å². The quantitative estimate of drug-likeness (QED) is 0.658. The van der Waals surface area contributed by atoms with Gasteiger partial charge in [0, 0.05) is 12.5 Å². The van der Waals surface area contributed by atoms with Crippen molar-refractivity contribution in [2.75, 3.05) is 0 Å². The summed E-state index contributed by atoms with van der Waals surface area (Å²) in [6, 6.07) is 14.2. The highest BCUT2D eigenvalue weighted by Crippen LogP contribution is 2.43. The van der Waals surface area contributed by atoms with Crippen LogP contribution < -0.4 is 5.73 Å². The monoisotopic (exact) mass is 355 g/mol. The highest BCUT2D eigenvalue weighted by atomic mass is 16.4. The molecule has 0 radical (unpaired) electrons. The first-order chi connectivity index (χ1) is 12.4. The summed E-state index contributed by atoms with van der Waals surface area (Å²) in [6.45, 7) is 0. The molecule has 138 valence electrons. The Morgan fingerprint density at radius 2 is 1.69 bits per heavy atom. The molecule has 1 aliphatic carbocycles. The van der Waals surface area contributed by atoms with E-state index in [1.807, 2.05) is 30.3 Å². The summed E-state index contributed by atoms with van der Waals surface area (Å²) in [6.07, 6.45) is 3.23. The lowest BCUT2D eigenvalue weighted by Crippen LogP contribution is -2.56. The van der Waals surface area contributed by atoms with Crippen LogP contribution in [0.3, 0.4) is 0 Å². The molecule has 5 nitrogen and oxygen atoms in total. The van der Waals surface area contributed by atoms with Crippen molar-refractivity contribution in [1.29, 1.82) is 0 Å². The fraction of sp³-hybridized carbons (Fsp3) is 0.381. The van der Waals surface area contributed by atoms with Gasteiger partial charge in [0.1, 0.15) is 17.0 Å². The zero-order chi connectivity index (χ0) is 18.7. The molecule has 2 aromatic rings. The number of hydrogen-bond acceptors (Lipinski definition) is 4. The van der Waals surface area contributed by atoms with Crippen molar-refractivity contribution in [2.24, 2.45) is 11.7 Å².